The summed E-state index contributed by atoms with van der Waals surface area (Å²) >= 11 is 0. The van der Waals surface area contributed by atoms with Crippen molar-refractivity contribution in [3.05, 3.63) is 35.4 Å². The summed E-state index contributed by atoms with van der Waals surface area (Å²) in [5, 5.41) is 0. The van der Waals surface area contributed by atoms with Gasteiger partial charge in [-0.3, -0.25) is 0 Å². The number of benzene rings is 1. The minimum atomic E-state index is 1.20. The number of hydrogen-bond acceptors (Lipinski definition) is 1. The van der Waals surface area contributed by atoms with E-state index in [9.17, 15) is 0 Å². The van der Waals surface area contributed by atoms with Gasteiger partial charge < -0.3 is 4.90 Å². The maximum Gasteiger partial charge on any atom is -0.00216 e. The lowest BCUT2D eigenvalue weighted by atomic mass is 10.1. The molecule has 0 aliphatic heterocycles. The Labute approximate surface area is 128 Å². The zero-order valence-electron chi connectivity index (χ0n) is 15.0. The predicted molar refractivity (Wildman–Crippen MR) is 94.6 cm³/mol. The van der Waals surface area contributed by atoms with Gasteiger partial charge in [-0.1, -0.05) is 77.8 Å². The van der Waals surface area contributed by atoms with E-state index in [1.165, 1.54) is 50.0 Å². The van der Waals surface area contributed by atoms with Crippen LogP contribution in [0.15, 0.2) is 24.3 Å². The van der Waals surface area contributed by atoms with Crippen LogP contribution in [0, 0.1) is 6.92 Å². The van der Waals surface area contributed by atoms with E-state index >= 15 is 0 Å². The molecule has 118 valence electrons. The standard InChI is InChI=1S/C10H14.C7H17N.C2H6/c1-3-5-10-7-4-6-9(2)8-10;1-4-7-8(5-2)6-3;1-2/h4,6-8H,3,5H2,1-2H3;4-7H2,1-3H3;1-2H3. The zero-order valence-corrected chi connectivity index (χ0v) is 15.0. The van der Waals surface area contributed by atoms with Crippen molar-refractivity contribution < 1.29 is 0 Å². The van der Waals surface area contributed by atoms with Crippen molar-refractivity contribution in [1.29, 1.82) is 0 Å². The molecule has 0 aromatic heterocycles. The Kier molecular flexibility index (Phi) is 17.4. The minimum absolute atomic E-state index is 1.20. The van der Waals surface area contributed by atoms with Gasteiger partial charge in [0.15, 0.2) is 0 Å². The molecular weight excluding hydrogens is 242 g/mol. The van der Waals surface area contributed by atoms with Crippen molar-refractivity contribution >= 4 is 0 Å². The third-order valence-corrected chi connectivity index (χ3v) is 3.06. The van der Waals surface area contributed by atoms with Gasteiger partial charge in [0.1, 0.15) is 0 Å². The molecule has 0 bridgehead atoms. The number of hydrogen-bond donors (Lipinski definition) is 0. The molecule has 0 saturated carbocycles. The third-order valence-electron chi connectivity index (χ3n) is 3.06. The fraction of sp³-hybridized carbons (Fsp3) is 0.684. The third kappa shape index (κ3) is 12.2. The molecule has 0 aliphatic rings. The van der Waals surface area contributed by atoms with Crippen molar-refractivity contribution in [2.45, 2.75) is 67.7 Å². The van der Waals surface area contributed by atoms with E-state index in [-0.39, 0.29) is 0 Å². The smallest absolute Gasteiger partial charge is 0.00216 e. The van der Waals surface area contributed by atoms with Gasteiger partial charge in [0.2, 0.25) is 0 Å². The van der Waals surface area contributed by atoms with Gasteiger partial charge in [0, 0.05) is 0 Å². The van der Waals surface area contributed by atoms with E-state index in [0.717, 1.165) is 0 Å². The summed E-state index contributed by atoms with van der Waals surface area (Å²) < 4.78 is 0. The first kappa shape index (κ1) is 21.5. The van der Waals surface area contributed by atoms with E-state index in [1.807, 2.05) is 13.8 Å². The Balaban J connectivity index is 0. The van der Waals surface area contributed by atoms with Gasteiger partial charge in [0.25, 0.3) is 0 Å². The molecule has 0 unspecified atom stereocenters. The summed E-state index contributed by atoms with van der Waals surface area (Å²) in [5.74, 6) is 0. The van der Waals surface area contributed by atoms with Gasteiger partial charge in [-0.05, 0) is 45.0 Å². The summed E-state index contributed by atoms with van der Waals surface area (Å²) in [6, 6.07) is 8.71. The van der Waals surface area contributed by atoms with Crippen LogP contribution in [-0.2, 0) is 6.42 Å². The average molecular weight is 280 g/mol. The zero-order chi connectivity index (χ0) is 15.8. The number of aryl methyl sites for hydroxylation is 2. The molecule has 1 aromatic rings. The normalized spacial score (nSPS) is 9.40. The van der Waals surface area contributed by atoms with Gasteiger partial charge in [0.05, 0.1) is 0 Å². The van der Waals surface area contributed by atoms with Crippen LogP contribution in [0.25, 0.3) is 0 Å². The molecule has 0 heterocycles. The highest BCUT2D eigenvalue weighted by Crippen LogP contribution is 2.05. The summed E-state index contributed by atoms with van der Waals surface area (Å²) in [7, 11) is 0. The molecule has 1 heteroatoms. The van der Waals surface area contributed by atoms with Gasteiger partial charge in [-0.15, -0.1) is 0 Å². The summed E-state index contributed by atoms with van der Waals surface area (Å²) in [6.07, 6.45) is 3.73. The second kappa shape index (κ2) is 16.2. The Bertz CT molecular complexity index is 290. The van der Waals surface area contributed by atoms with E-state index < -0.39 is 0 Å². The van der Waals surface area contributed by atoms with Gasteiger partial charge in [-0.2, -0.15) is 0 Å². The Morgan fingerprint density at radius 3 is 1.85 bits per heavy atom. The van der Waals surface area contributed by atoms with E-state index in [2.05, 4.69) is 63.8 Å². The predicted octanol–water partition coefficient (Wildman–Crippen LogP) is 5.71. The molecule has 0 saturated heterocycles. The van der Waals surface area contributed by atoms with E-state index in [4.69, 9.17) is 0 Å². The van der Waals surface area contributed by atoms with Crippen LogP contribution in [0.4, 0.5) is 0 Å². The van der Waals surface area contributed by atoms with Crippen molar-refractivity contribution in [3.8, 4) is 0 Å². The molecule has 0 spiro atoms. The van der Waals surface area contributed by atoms with Crippen LogP contribution in [0.2, 0.25) is 0 Å². The van der Waals surface area contributed by atoms with Crippen LogP contribution in [0.3, 0.4) is 0 Å². The molecule has 1 aromatic carbocycles. The minimum Gasteiger partial charge on any atom is -0.304 e. The number of nitrogens with zero attached hydrogens (tertiary/aromatic N) is 1. The van der Waals surface area contributed by atoms with Crippen molar-refractivity contribution in [2.75, 3.05) is 19.6 Å². The first-order valence-electron chi connectivity index (χ1n) is 8.45. The van der Waals surface area contributed by atoms with Crippen LogP contribution >= 0.6 is 0 Å². The Morgan fingerprint density at radius 2 is 1.50 bits per heavy atom. The highest BCUT2D eigenvalue weighted by Gasteiger charge is 1.92. The Morgan fingerprint density at radius 1 is 0.900 bits per heavy atom. The highest BCUT2D eigenvalue weighted by atomic mass is 15.1. The van der Waals surface area contributed by atoms with E-state index in [0.29, 0.717) is 0 Å². The monoisotopic (exact) mass is 279 g/mol. The van der Waals surface area contributed by atoms with Crippen LogP contribution in [-0.4, -0.2) is 24.5 Å². The maximum absolute atomic E-state index is 2.43. The molecule has 0 N–H and O–H groups in total. The average Bonchev–Trinajstić information content (AvgIpc) is 2.48. The highest BCUT2D eigenvalue weighted by molar-refractivity contribution is 5.21. The first-order chi connectivity index (χ1) is 9.67. The molecule has 20 heavy (non-hydrogen) atoms. The van der Waals surface area contributed by atoms with Crippen LogP contribution in [0.5, 0.6) is 0 Å². The fourth-order valence-corrected chi connectivity index (χ4v) is 2.01. The summed E-state index contributed by atoms with van der Waals surface area (Å²) in [4.78, 5) is 2.43. The summed E-state index contributed by atoms with van der Waals surface area (Å²) in [5.41, 5.74) is 2.83. The molecule has 0 radical (unpaired) electrons. The second-order valence-electron chi connectivity index (χ2n) is 4.77. The van der Waals surface area contributed by atoms with Gasteiger partial charge >= 0.3 is 0 Å². The van der Waals surface area contributed by atoms with E-state index in [1.54, 1.807) is 0 Å². The lowest BCUT2D eigenvalue weighted by Crippen LogP contribution is -2.23. The molecular formula is C19H37N. The lowest BCUT2D eigenvalue weighted by Gasteiger charge is -2.15. The SMILES string of the molecule is CC.CCCN(CC)CC.CCCc1cccc(C)c1. The topological polar surface area (TPSA) is 3.24 Å². The Hall–Kier alpha value is -0.820. The van der Waals surface area contributed by atoms with Crippen molar-refractivity contribution in [3.63, 3.8) is 0 Å². The number of rotatable bonds is 6. The first-order valence-corrected chi connectivity index (χ1v) is 8.45. The second-order valence-corrected chi connectivity index (χ2v) is 4.77. The molecule has 0 atom stereocenters. The molecule has 0 aliphatic carbocycles. The van der Waals surface area contributed by atoms with Crippen LogP contribution in [0.1, 0.15) is 65.5 Å². The van der Waals surface area contributed by atoms with Gasteiger partial charge in [-0.25, -0.2) is 0 Å². The lowest BCUT2D eigenvalue weighted by molar-refractivity contribution is 0.304. The molecule has 0 amide bonds. The van der Waals surface area contributed by atoms with Crippen molar-refractivity contribution in [1.82, 2.24) is 4.90 Å². The fourth-order valence-electron chi connectivity index (χ4n) is 2.01. The van der Waals surface area contributed by atoms with Crippen LogP contribution < -0.4 is 0 Å². The molecule has 1 rings (SSSR count). The quantitative estimate of drug-likeness (QED) is 0.644. The largest absolute Gasteiger partial charge is 0.304 e. The molecule has 0 fully saturated rings. The van der Waals surface area contributed by atoms with Crippen molar-refractivity contribution in [2.24, 2.45) is 0 Å². The molecule has 1 nitrogen and oxygen atoms in total. The maximum atomic E-state index is 2.43. The summed E-state index contributed by atoms with van der Waals surface area (Å²) in [6.45, 7) is 18.6.